The van der Waals surface area contributed by atoms with Gasteiger partial charge in [0, 0.05) is 23.5 Å². The summed E-state index contributed by atoms with van der Waals surface area (Å²) in [6.45, 7) is 0.620. The predicted molar refractivity (Wildman–Crippen MR) is 70.5 cm³/mol. The van der Waals surface area contributed by atoms with E-state index in [0.717, 1.165) is 22.7 Å². The summed E-state index contributed by atoms with van der Waals surface area (Å²) in [5.74, 6) is -0.00628. The second-order valence-electron chi connectivity index (χ2n) is 3.99. The van der Waals surface area contributed by atoms with Gasteiger partial charge in [-0.3, -0.25) is 9.89 Å². The number of halogens is 1. The third kappa shape index (κ3) is 3.89. The van der Waals surface area contributed by atoms with Crippen LogP contribution in [-0.4, -0.2) is 22.6 Å². The quantitative estimate of drug-likeness (QED) is 0.866. The fraction of sp³-hybridized carbons (Fsp3) is 0.231. The summed E-state index contributed by atoms with van der Waals surface area (Å²) in [6, 6.07) is 9.41. The number of hydrogen-bond donors (Lipinski definition) is 2. The van der Waals surface area contributed by atoms with Gasteiger partial charge < -0.3 is 5.32 Å². The summed E-state index contributed by atoms with van der Waals surface area (Å²) in [7, 11) is 0. The molecule has 1 heterocycles. The van der Waals surface area contributed by atoms with Crippen LogP contribution >= 0.6 is 11.6 Å². The van der Waals surface area contributed by atoms with E-state index in [1.54, 1.807) is 12.3 Å². The van der Waals surface area contributed by atoms with Crippen LogP contribution in [0.1, 0.15) is 11.3 Å². The summed E-state index contributed by atoms with van der Waals surface area (Å²) < 4.78 is 0. The first-order chi connectivity index (χ1) is 8.74. The second kappa shape index (κ2) is 6.21. The van der Waals surface area contributed by atoms with Crippen molar-refractivity contribution >= 4 is 17.5 Å². The van der Waals surface area contributed by atoms with Gasteiger partial charge >= 0.3 is 0 Å². The zero-order valence-corrected chi connectivity index (χ0v) is 10.6. The first-order valence-electron chi connectivity index (χ1n) is 5.73. The fourth-order valence-electron chi connectivity index (χ4n) is 1.62. The third-order valence-corrected chi connectivity index (χ3v) is 2.81. The van der Waals surface area contributed by atoms with E-state index in [-0.39, 0.29) is 5.91 Å². The van der Waals surface area contributed by atoms with Crippen molar-refractivity contribution in [1.29, 1.82) is 0 Å². The minimum atomic E-state index is -0.00628. The lowest BCUT2D eigenvalue weighted by atomic mass is 10.1. The van der Waals surface area contributed by atoms with E-state index in [2.05, 4.69) is 15.5 Å². The molecule has 1 aromatic heterocycles. The fourth-order valence-corrected chi connectivity index (χ4v) is 1.74. The summed E-state index contributed by atoms with van der Waals surface area (Å²) >= 11 is 5.80. The smallest absolute Gasteiger partial charge is 0.226 e. The van der Waals surface area contributed by atoms with Crippen LogP contribution in [0.5, 0.6) is 0 Å². The second-order valence-corrected chi connectivity index (χ2v) is 4.42. The Morgan fingerprint density at radius 1 is 1.28 bits per heavy atom. The maximum atomic E-state index is 11.6. The Hall–Kier alpha value is -1.81. The maximum Gasteiger partial charge on any atom is 0.226 e. The lowest BCUT2D eigenvalue weighted by Gasteiger charge is -2.04. The number of nitrogens with one attached hydrogen (secondary N) is 2. The molecule has 94 valence electrons. The Morgan fingerprint density at radius 3 is 2.72 bits per heavy atom. The highest BCUT2D eigenvalue weighted by molar-refractivity contribution is 6.30. The molecule has 0 atom stereocenters. The average Bonchev–Trinajstić information content (AvgIpc) is 2.84. The molecule has 2 rings (SSSR count). The molecular weight excluding hydrogens is 250 g/mol. The number of hydrogen-bond acceptors (Lipinski definition) is 2. The molecule has 0 aliphatic rings. The van der Waals surface area contributed by atoms with Crippen LogP contribution in [0, 0.1) is 0 Å². The van der Waals surface area contributed by atoms with Crippen molar-refractivity contribution in [1.82, 2.24) is 15.5 Å². The molecule has 1 aromatic carbocycles. The molecule has 0 aliphatic carbocycles. The normalized spacial score (nSPS) is 10.3. The van der Waals surface area contributed by atoms with Crippen LogP contribution in [0.4, 0.5) is 0 Å². The number of H-pyrrole nitrogens is 1. The molecule has 0 spiro atoms. The highest BCUT2D eigenvalue weighted by atomic mass is 35.5. The topological polar surface area (TPSA) is 57.8 Å². The van der Waals surface area contributed by atoms with Gasteiger partial charge in [-0.2, -0.15) is 5.10 Å². The number of aromatic amines is 1. The third-order valence-electron chi connectivity index (χ3n) is 2.56. The highest BCUT2D eigenvalue weighted by Gasteiger charge is 2.03. The van der Waals surface area contributed by atoms with E-state index >= 15 is 0 Å². The molecule has 4 nitrogen and oxygen atoms in total. The zero-order chi connectivity index (χ0) is 12.8. The van der Waals surface area contributed by atoms with Gasteiger partial charge in [-0.15, -0.1) is 0 Å². The molecule has 2 N–H and O–H groups in total. The first kappa shape index (κ1) is 12.6. The number of carbonyl (C=O) groups is 1. The Labute approximate surface area is 110 Å². The van der Waals surface area contributed by atoms with Gasteiger partial charge in [-0.05, 0) is 30.2 Å². The van der Waals surface area contributed by atoms with Crippen molar-refractivity contribution in [3.8, 4) is 0 Å². The molecule has 0 saturated heterocycles. The Morgan fingerprint density at radius 2 is 2.06 bits per heavy atom. The van der Waals surface area contributed by atoms with Gasteiger partial charge in [0.05, 0.1) is 6.42 Å². The minimum absolute atomic E-state index is 0.00628. The predicted octanol–water partition coefficient (Wildman–Crippen LogP) is 1.96. The summed E-state index contributed by atoms with van der Waals surface area (Å²) in [5, 5.41) is 10.1. The maximum absolute atomic E-state index is 11.6. The molecule has 1 amide bonds. The number of benzene rings is 1. The summed E-state index contributed by atoms with van der Waals surface area (Å²) in [6.07, 6.45) is 2.77. The Kier molecular flexibility index (Phi) is 4.36. The van der Waals surface area contributed by atoms with Gasteiger partial charge in [0.1, 0.15) is 0 Å². The summed E-state index contributed by atoms with van der Waals surface area (Å²) in [5.41, 5.74) is 1.97. The minimum Gasteiger partial charge on any atom is -0.355 e. The van der Waals surface area contributed by atoms with Crippen LogP contribution in [0.15, 0.2) is 36.5 Å². The van der Waals surface area contributed by atoms with E-state index in [1.165, 1.54) is 0 Å². The van der Waals surface area contributed by atoms with E-state index in [9.17, 15) is 4.79 Å². The van der Waals surface area contributed by atoms with E-state index < -0.39 is 0 Å². The number of rotatable bonds is 5. The molecule has 18 heavy (non-hydrogen) atoms. The Bertz CT molecular complexity index is 493. The highest BCUT2D eigenvalue weighted by Crippen LogP contribution is 2.09. The molecule has 0 bridgehead atoms. The van der Waals surface area contributed by atoms with Crippen molar-refractivity contribution in [3.05, 3.63) is 52.8 Å². The first-order valence-corrected chi connectivity index (χ1v) is 6.11. The monoisotopic (exact) mass is 263 g/mol. The van der Waals surface area contributed by atoms with Crippen LogP contribution in [0.25, 0.3) is 0 Å². The summed E-state index contributed by atoms with van der Waals surface area (Å²) in [4.78, 5) is 11.6. The van der Waals surface area contributed by atoms with Gasteiger partial charge in [-0.25, -0.2) is 0 Å². The van der Waals surface area contributed by atoms with Crippen LogP contribution in [0.3, 0.4) is 0 Å². The van der Waals surface area contributed by atoms with Gasteiger partial charge in [-0.1, -0.05) is 23.7 Å². The largest absolute Gasteiger partial charge is 0.355 e. The van der Waals surface area contributed by atoms with Crippen molar-refractivity contribution < 1.29 is 4.79 Å². The Balaban J connectivity index is 1.72. The number of aromatic nitrogens is 2. The van der Waals surface area contributed by atoms with E-state index in [4.69, 9.17) is 11.6 Å². The van der Waals surface area contributed by atoms with Crippen LogP contribution < -0.4 is 5.32 Å². The SMILES string of the molecule is O=C(Cc1ccn[nH]1)NCCc1ccc(Cl)cc1. The van der Waals surface area contributed by atoms with E-state index in [1.807, 2.05) is 24.3 Å². The standard InChI is InChI=1S/C13H14ClN3O/c14-11-3-1-10(2-4-11)5-7-15-13(18)9-12-6-8-16-17-12/h1-4,6,8H,5,7,9H2,(H,15,18)(H,16,17). The van der Waals surface area contributed by atoms with Crippen LogP contribution in [-0.2, 0) is 17.6 Å². The molecule has 5 heteroatoms. The number of carbonyl (C=O) groups excluding carboxylic acids is 1. The average molecular weight is 264 g/mol. The van der Waals surface area contributed by atoms with Gasteiger partial charge in [0.2, 0.25) is 5.91 Å². The lowest BCUT2D eigenvalue weighted by molar-refractivity contribution is -0.120. The zero-order valence-electron chi connectivity index (χ0n) is 9.82. The van der Waals surface area contributed by atoms with Crippen molar-refractivity contribution in [3.63, 3.8) is 0 Å². The molecular formula is C13H14ClN3O. The molecule has 0 aliphatic heterocycles. The van der Waals surface area contributed by atoms with E-state index in [0.29, 0.717) is 13.0 Å². The van der Waals surface area contributed by atoms with Crippen LogP contribution in [0.2, 0.25) is 5.02 Å². The molecule has 0 radical (unpaired) electrons. The molecule has 0 saturated carbocycles. The van der Waals surface area contributed by atoms with Gasteiger partial charge in [0.15, 0.2) is 0 Å². The van der Waals surface area contributed by atoms with Crippen molar-refractivity contribution in [2.24, 2.45) is 0 Å². The van der Waals surface area contributed by atoms with Crippen molar-refractivity contribution in [2.45, 2.75) is 12.8 Å². The number of nitrogens with zero attached hydrogens (tertiary/aromatic N) is 1. The van der Waals surface area contributed by atoms with Crippen molar-refractivity contribution in [2.75, 3.05) is 6.54 Å². The number of amides is 1. The van der Waals surface area contributed by atoms with Gasteiger partial charge in [0.25, 0.3) is 0 Å². The molecule has 2 aromatic rings. The lowest BCUT2D eigenvalue weighted by Crippen LogP contribution is -2.27. The molecule has 0 unspecified atom stereocenters. The molecule has 0 fully saturated rings.